The van der Waals surface area contributed by atoms with E-state index >= 15 is 0 Å². The van der Waals surface area contributed by atoms with E-state index in [1.807, 2.05) is 0 Å². The molecule has 0 saturated carbocycles. The number of hydrogen-bond acceptors (Lipinski definition) is 4. The molecule has 0 aromatic carbocycles. The van der Waals surface area contributed by atoms with Crippen molar-refractivity contribution in [2.75, 3.05) is 6.54 Å². The molecule has 0 fully saturated rings. The molecule has 0 aliphatic rings. The van der Waals surface area contributed by atoms with Crippen LogP contribution in [0, 0.1) is 0 Å². The van der Waals surface area contributed by atoms with Gasteiger partial charge in [-0.1, -0.05) is 0 Å². The maximum atomic E-state index is 11.9. The van der Waals surface area contributed by atoms with Gasteiger partial charge < -0.3 is 9.67 Å². The van der Waals surface area contributed by atoms with Crippen molar-refractivity contribution in [1.29, 1.82) is 0 Å². The Balaban J connectivity index is 2.54. The van der Waals surface area contributed by atoms with Crippen LogP contribution in [0.3, 0.4) is 0 Å². The minimum Gasteiger partial charge on any atom is -0.476 e. The summed E-state index contributed by atoms with van der Waals surface area (Å²) in [5, 5.41) is 8.52. The Hall–Kier alpha value is -1.62. The normalized spacial score (nSPS) is 12.6. The molecule has 0 aliphatic carbocycles. The van der Waals surface area contributed by atoms with Gasteiger partial charge in [0.25, 0.3) is 0 Å². The number of carbonyl (C=O) groups is 1. The van der Waals surface area contributed by atoms with E-state index in [1.54, 1.807) is 0 Å². The van der Waals surface area contributed by atoms with Crippen molar-refractivity contribution >= 4 is 16.0 Å². The van der Waals surface area contributed by atoms with Gasteiger partial charge in [-0.3, -0.25) is 0 Å². The molecule has 1 aromatic rings. The molecule has 0 spiro atoms. The summed E-state index contributed by atoms with van der Waals surface area (Å²) in [5.74, 6) is -1.29. The zero-order valence-corrected chi connectivity index (χ0v) is 9.49. The first-order valence-electron chi connectivity index (χ1n) is 4.44. The van der Waals surface area contributed by atoms with E-state index in [2.05, 4.69) is 4.98 Å². The molecule has 18 heavy (non-hydrogen) atoms. The first kappa shape index (κ1) is 14.4. The molecule has 0 radical (unpaired) electrons. The predicted octanol–water partition coefficient (Wildman–Crippen LogP) is 0.0205. The number of halogens is 3. The first-order chi connectivity index (χ1) is 8.13. The summed E-state index contributed by atoms with van der Waals surface area (Å²) >= 11 is 0. The molecule has 0 saturated heterocycles. The van der Waals surface area contributed by atoms with Gasteiger partial charge in [0.1, 0.15) is 0 Å². The van der Waals surface area contributed by atoms with Crippen LogP contribution in [0.15, 0.2) is 12.5 Å². The summed E-state index contributed by atoms with van der Waals surface area (Å²) in [6.45, 7) is -0.702. The number of hydrogen-bond donors (Lipinski definition) is 2. The third-order valence-corrected chi connectivity index (χ3v) is 3.01. The summed E-state index contributed by atoms with van der Waals surface area (Å²) in [5.41, 5.74) is -5.65. The van der Waals surface area contributed by atoms with Crippen LogP contribution < -0.4 is 4.72 Å². The van der Waals surface area contributed by atoms with Crippen LogP contribution in [0.5, 0.6) is 0 Å². The Morgan fingerprint density at radius 1 is 1.50 bits per heavy atom. The Morgan fingerprint density at radius 3 is 2.56 bits per heavy atom. The highest BCUT2D eigenvalue weighted by atomic mass is 32.2. The zero-order chi connectivity index (χ0) is 14.0. The van der Waals surface area contributed by atoms with Crippen molar-refractivity contribution in [2.24, 2.45) is 0 Å². The van der Waals surface area contributed by atoms with Crippen molar-refractivity contribution < 1.29 is 31.5 Å². The fourth-order valence-electron chi connectivity index (χ4n) is 0.984. The number of nitrogens with zero attached hydrogens (tertiary/aromatic N) is 2. The smallest absolute Gasteiger partial charge is 0.476 e. The van der Waals surface area contributed by atoms with E-state index in [0.717, 1.165) is 17.1 Å². The molecular formula is C7H8F3N3O4S. The molecule has 102 valence electrons. The topological polar surface area (TPSA) is 101 Å². The molecule has 2 N–H and O–H groups in total. The number of carboxylic acid groups (broad SMARTS) is 1. The standard InChI is InChI=1S/C7H8F3N3O4S/c8-7(9,10)18(16,17)12-1-2-13-3-5(6(14)15)11-4-13/h3-4,12H,1-2H2,(H,14,15). The van der Waals surface area contributed by atoms with Gasteiger partial charge >= 0.3 is 21.5 Å². The van der Waals surface area contributed by atoms with Gasteiger partial charge in [0.05, 0.1) is 6.33 Å². The van der Waals surface area contributed by atoms with Crippen LogP contribution in [0.4, 0.5) is 13.2 Å². The third-order valence-electron chi connectivity index (χ3n) is 1.82. The van der Waals surface area contributed by atoms with E-state index in [1.165, 1.54) is 4.72 Å². The average molecular weight is 287 g/mol. The molecule has 0 amide bonds. The summed E-state index contributed by atoms with van der Waals surface area (Å²) < 4.78 is 59.5. The highest BCUT2D eigenvalue weighted by Gasteiger charge is 2.45. The maximum absolute atomic E-state index is 11.9. The fourth-order valence-corrected chi connectivity index (χ4v) is 1.51. The Morgan fingerprint density at radius 2 is 2.11 bits per heavy atom. The molecule has 0 bridgehead atoms. The molecule has 1 heterocycles. The van der Waals surface area contributed by atoms with Crippen LogP contribution in [0.1, 0.15) is 10.5 Å². The molecule has 1 aromatic heterocycles. The van der Waals surface area contributed by atoms with Crippen molar-refractivity contribution in [3.63, 3.8) is 0 Å². The minimum atomic E-state index is -5.38. The SMILES string of the molecule is O=C(O)c1cn(CCNS(=O)(=O)C(F)(F)F)cn1. The van der Waals surface area contributed by atoms with Gasteiger partial charge in [0.2, 0.25) is 0 Å². The highest BCUT2D eigenvalue weighted by molar-refractivity contribution is 7.90. The number of sulfonamides is 1. The Kier molecular flexibility index (Phi) is 3.96. The fraction of sp³-hybridized carbons (Fsp3) is 0.429. The quantitative estimate of drug-likeness (QED) is 0.795. The van der Waals surface area contributed by atoms with Crippen LogP contribution in [-0.2, 0) is 16.6 Å². The zero-order valence-electron chi connectivity index (χ0n) is 8.68. The molecular weight excluding hydrogens is 279 g/mol. The van der Waals surface area contributed by atoms with Crippen LogP contribution in [-0.4, -0.2) is 41.1 Å². The number of alkyl halides is 3. The predicted molar refractivity (Wildman–Crippen MR) is 52.2 cm³/mol. The van der Waals surface area contributed by atoms with Gasteiger partial charge in [-0.15, -0.1) is 0 Å². The second-order valence-electron chi connectivity index (χ2n) is 3.15. The number of aromatic carboxylic acids is 1. The van der Waals surface area contributed by atoms with E-state index in [0.29, 0.717) is 0 Å². The van der Waals surface area contributed by atoms with Crippen molar-refractivity contribution in [1.82, 2.24) is 14.3 Å². The monoisotopic (exact) mass is 287 g/mol. The lowest BCUT2D eigenvalue weighted by Crippen LogP contribution is -2.37. The van der Waals surface area contributed by atoms with Crippen molar-refractivity contribution in [2.45, 2.75) is 12.1 Å². The lowest BCUT2D eigenvalue weighted by Gasteiger charge is -2.09. The molecule has 11 heteroatoms. The van der Waals surface area contributed by atoms with Gasteiger partial charge in [0.15, 0.2) is 5.69 Å². The molecule has 1 rings (SSSR count). The van der Waals surface area contributed by atoms with Crippen molar-refractivity contribution in [3.05, 3.63) is 18.2 Å². The van der Waals surface area contributed by atoms with E-state index in [4.69, 9.17) is 5.11 Å². The lowest BCUT2D eigenvalue weighted by molar-refractivity contribution is -0.0447. The van der Waals surface area contributed by atoms with Gasteiger partial charge in [-0.05, 0) is 0 Å². The van der Waals surface area contributed by atoms with Gasteiger partial charge in [-0.2, -0.15) is 13.2 Å². The number of imidazole rings is 1. The number of aromatic nitrogens is 2. The molecule has 0 unspecified atom stereocenters. The van der Waals surface area contributed by atoms with Gasteiger partial charge in [-0.25, -0.2) is 22.9 Å². The van der Waals surface area contributed by atoms with Crippen LogP contribution >= 0.6 is 0 Å². The summed E-state index contributed by atoms with van der Waals surface area (Å²) in [4.78, 5) is 13.9. The van der Waals surface area contributed by atoms with Crippen LogP contribution in [0.25, 0.3) is 0 Å². The van der Waals surface area contributed by atoms with E-state index in [9.17, 15) is 26.4 Å². The minimum absolute atomic E-state index is 0.171. The second kappa shape index (κ2) is 4.94. The summed E-state index contributed by atoms with van der Waals surface area (Å²) in [6, 6.07) is 0. The Labute approximate surface area is 99.3 Å². The van der Waals surface area contributed by atoms with Crippen molar-refractivity contribution in [3.8, 4) is 0 Å². The van der Waals surface area contributed by atoms with E-state index < -0.39 is 28.0 Å². The lowest BCUT2D eigenvalue weighted by atomic mass is 10.5. The summed E-state index contributed by atoms with van der Waals surface area (Å²) in [7, 11) is -5.38. The maximum Gasteiger partial charge on any atom is 0.511 e. The average Bonchev–Trinajstić information content (AvgIpc) is 2.64. The number of carboxylic acids is 1. The van der Waals surface area contributed by atoms with E-state index in [-0.39, 0.29) is 12.2 Å². The summed E-state index contributed by atoms with van der Waals surface area (Å²) in [6.07, 6.45) is 2.15. The van der Waals surface area contributed by atoms with Gasteiger partial charge in [0, 0.05) is 19.3 Å². The molecule has 0 atom stereocenters. The number of rotatable bonds is 5. The Bertz CT molecular complexity index is 536. The van der Waals surface area contributed by atoms with Crippen LogP contribution in [0.2, 0.25) is 0 Å². The molecule has 7 nitrogen and oxygen atoms in total. The number of nitrogens with one attached hydrogen (secondary N) is 1. The first-order valence-corrected chi connectivity index (χ1v) is 5.93. The molecule has 0 aliphatic heterocycles. The highest BCUT2D eigenvalue weighted by Crippen LogP contribution is 2.21. The third kappa shape index (κ3) is 3.43. The largest absolute Gasteiger partial charge is 0.511 e. The second-order valence-corrected chi connectivity index (χ2v) is 4.90.